The highest BCUT2D eigenvalue weighted by Gasteiger charge is 2.10. The summed E-state index contributed by atoms with van der Waals surface area (Å²) in [5, 5.41) is 9.03. The molecule has 0 aliphatic carbocycles. The van der Waals surface area contributed by atoms with Crippen LogP contribution in [0.1, 0.15) is 10.4 Å². The third-order valence-corrected chi connectivity index (χ3v) is 3.38. The van der Waals surface area contributed by atoms with Gasteiger partial charge in [0.2, 0.25) is 0 Å². The summed E-state index contributed by atoms with van der Waals surface area (Å²) < 4.78 is 12.2. The molecule has 0 bridgehead atoms. The first-order valence-electron chi connectivity index (χ1n) is 6.57. The van der Waals surface area contributed by atoms with Crippen molar-refractivity contribution in [2.45, 2.75) is 0 Å². The second kappa shape index (κ2) is 5.40. The lowest BCUT2D eigenvalue weighted by molar-refractivity contribution is 0.0696. The van der Waals surface area contributed by atoms with Gasteiger partial charge in [0, 0.05) is 18.0 Å². The van der Waals surface area contributed by atoms with Crippen molar-refractivity contribution in [2.75, 3.05) is 14.2 Å². The van der Waals surface area contributed by atoms with Crippen LogP contribution < -0.4 is 9.47 Å². The second-order valence-electron chi connectivity index (χ2n) is 4.68. The molecular formula is C16H14N2O4. The fourth-order valence-corrected chi connectivity index (χ4v) is 2.25. The van der Waals surface area contributed by atoms with Crippen molar-refractivity contribution in [3.8, 4) is 22.8 Å². The van der Waals surface area contributed by atoms with Gasteiger partial charge in [-0.1, -0.05) is 0 Å². The average molecular weight is 298 g/mol. The van der Waals surface area contributed by atoms with Gasteiger partial charge < -0.3 is 19.0 Å². The molecule has 6 nitrogen and oxygen atoms in total. The highest BCUT2D eigenvalue weighted by atomic mass is 16.5. The van der Waals surface area contributed by atoms with Crippen LogP contribution in [0.15, 0.2) is 42.7 Å². The summed E-state index contributed by atoms with van der Waals surface area (Å²) in [5.74, 6) is 0.287. The van der Waals surface area contributed by atoms with Crippen LogP contribution in [-0.4, -0.2) is 34.7 Å². The van der Waals surface area contributed by atoms with E-state index in [-0.39, 0.29) is 5.56 Å². The van der Waals surface area contributed by atoms with Gasteiger partial charge in [0.05, 0.1) is 25.5 Å². The second-order valence-corrected chi connectivity index (χ2v) is 4.68. The standard InChI is InChI=1S/C16H14N2O4/c1-21-13-5-3-10(7-14(13)22-2)12-9-18-8-11(16(19)20)4-6-15(18)17-12/h3-9H,1-2H3,(H,19,20). The summed E-state index contributed by atoms with van der Waals surface area (Å²) >= 11 is 0. The first-order chi connectivity index (χ1) is 10.6. The third-order valence-electron chi connectivity index (χ3n) is 3.38. The number of hydrogen-bond acceptors (Lipinski definition) is 4. The Morgan fingerprint density at radius 1 is 1.09 bits per heavy atom. The SMILES string of the molecule is COc1ccc(-c2cn3cc(C(=O)O)ccc3n2)cc1OC. The zero-order valence-corrected chi connectivity index (χ0v) is 12.1. The predicted octanol–water partition coefficient (Wildman–Crippen LogP) is 2.72. The molecule has 0 aliphatic heterocycles. The van der Waals surface area contributed by atoms with Crippen LogP contribution in [0.25, 0.3) is 16.9 Å². The predicted molar refractivity (Wildman–Crippen MR) is 80.7 cm³/mol. The van der Waals surface area contributed by atoms with Crippen molar-refractivity contribution in [2.24, 2.45) is 0 Å². The monoisotopic (exact) mass is 298 g/mol. The van der Waals surface area contributed by atoms with E-state index in [0.29, 0.717) is 17.1 Å². The lowest BCUT2D eigenvalue weighted by Gasteiger charge is -2.08. The van der Waals surface area contributed by atoms with E-state index in [4.69, 9.17) is 14.6 Å². The van der Waals surface area contributed by atoms with Crippen LogP contribution >= 0.6 is 0 Å². The van der Waals surface area contributed by atoms with Crippen molar-refractivity contribution in [3.63, 3.8) is 0 Å². The van der Waals surface area contributed by atoms with Crippen LogP contribution in [0, 0.1) is 0 Å². The number of aromatic nitrogens is 2. The number of ether oxygens (including phenoxy) is 2. The zero-order valence-electron chi connectivity index (χ0n) is 12.1. The number of aromatic carboxylic acids is 1. The molecule has 2 heterocycles. The van der Waals surface area contributed by atoms with E-state index in [0.717, 1.165) is 11.3 Å². The lowest BCUT2D eigenvalue weighted by atomic mass is 10.1. The molecule has 2 aromatic heterocycles. The highest BCUT2D eigenvalue weighted by molar-refractivity contribution is 5.87. The van der Waals surface area contributed by atoms with Gasteiger partial charge in [-0.25, -0.2) is 9.78 Å². The minimum absolute atomic E-state index is 0.212. The number of carbonyl (C=O) groups is 1. The molecule has 112 valence electrons. The highest BCUT2D eigenvalue weighted by Crippen LogP contribution is 2.32. The van der Waals surface area contributed by atoms with E-state index in [9.17, 15) is 4.79 Å². The molecule has 0 saturated carbocycles. The Morgan fingerprint density at radius 3 is 2.55 bits per heavy atom. The van der Waals surface area contributed by atoms with Gasteiger partial charge in [0.1, 0.15) is 5.65 Å². The van der Waals surface area contributed by atoms with E-state index in [1.165, 1.54) is 12.3 Å². The number of carboxylic acids is 1. The molecule has 3 aromatic rings. The van der Waals surface area contributed by atoms with Crippen molar-refractivity contribution in [1.29, 1.82) is 0 Å². The topological polar surface area (TPSA) is 73.1 Å². The largest absolute Gasteiger partial charge is 0.493 e. The van der Waals surface area contributed by atoms with Gasteiger partial charge in [0.15, 0.2) is 11.5 Å². The first kappa shape index (κ1) is 13.9. The summed E-state index contributed by atoms with van der Waals surface area (Å²) in [7, 11) is 3.15. The molecule has 0 unspecified atom stereocenters. The number of fused-ring (bicyclic) bond motifs is 1. The normalized spacial score (nSPS) is 10.6. The summed E-state index contributed by atoms with van der Waals surface area (Å²) in [6.45, 7) is 0. The van der Waals surface area contributed by atoms with Crippen molar-refractivity contribution >= 4 is 11.6 Å². The number of imidazole rings is 1. The molecule has 22 heavy (non-hydrogen) atoms. The number of hydrogen-bond donors (Lipinski definition) is 1. The number of rotatable bonds is 4. The molecule has 0 aliphatic rings. The van der Waals surface area contributed by atoms with Crippen molar-refractivity contribution < 1.29 is 19.4 Å². The van der Waals surface area contributed by atoms with E-state index in [2.05, 4.69) is 4.98 Å². The average Bonchev–Trinajstić information content (AvgIpc) is 2.97. The van der Waals surface area contributed by atoms with Crippen molar-refractivity contribution in [1.82, 2.24) is 9.38 Å². The van der Waals surface area contributed by atoms with Gasteiger partial charge in [0.25, 0.3) is 0 Å². The molecule has 0 fully saturated rings. The van der Waals surface area contributed by atoms with Crippen LogP contribution in [-0.2, 0) is 0 Å². The van der Waals surface area contributed by atoms with Crippen LogP contribution in [0.3, 0.4) is 0 Å². The molecule has 0 saturated heterocycles. The minimum Gasteiger partial charge on any atom is -0.493 e. The van der Waals surface area contributed by atoms with E-state index >= 15 is 0 Å². The maximum absolute atomic E-state index is 11.0. The number of carboxylic acid groups (broad SMARTS) is 1. The maximum Gasteiger partial charge on any atom is 0.337 e. The number of benzene rings is 1. The zero-order chi connectivity index (χ0) is 15.7. The molecule has 1 aromatic carbocycles. The summed E-state index contributed by atoms with van der Waals surface area (Å²) in [5.41, 5.74) is 2.47. The van der Waals surface area contributed by atoms with E-state index < -0.39 is 5.97 Å². The maximum atomic E-state index is 11.0. The molecule has 1 N–H and O–H groups in total. The summed E-state index contributed by atoms with van der Waals surface area (Å²) in [6.07, 6.45) is 3.32. The number of pyridine rings is 1. The van der Waals surface area contributed by atoms with Gasteiger partial charge in [-0.15, -0.1) is 0 Å². The Balaban J connectivity index is 2.08. The van der Waals surface area contributed by atoms with E-state index in [1.54, 1.807) is 36.9 Å². The molecule has 0 spiro atoms. The first-order valence-corrected chi connectivity index (χ1v) is 6.57. The Bertz CT molecular complexity index is 854. The molecule has 0 amide bonds. The van der Waals surface area contributed by atoms with Crippen LogP contribution in [0.4, 0.5) is 0 Å². The smallest absolute Gasteiger partial charge is 0.337 e. The molecule has 0 atom stereocenters. The van der Waals surface area contributed by atoms with Gasteiger partial charge in [-0.05, 0) is 30.3 Å². The lowest BCUT2D eigenvalue weighted by Crippen LogP contribution is -1.97. The number of nitrogens with zero attached hydrogens (tertiary/aromatic N) is 2. The minimum atomic E-state index is -0.969. The molecule has 6 heteroatoms. The third kappa shape index (κ3) is 2.35. The molecule has 0 radical (unpaired) electrons. The quantitative estimate of drug-likeness (QED) is 0.801. The van der Waals surface area contributed by atoms with Crippen LogP contribution in [0.5, 0.6) is 11.5 Å². The molecule has 3 rings (SSSR count). The Morgan fingerprint density at radius 2 is 1.86 bits per heavy atom. The van der Waals surface area contributed by atoms with Crippen molar-refractivity contribution in [3.05, 3.63) is 48.3 Å². The Kier molecular flexibility index (Phi) is 3.42. The van der Waals surface area contributed by atoms with Crippen LogP contribution in [0.2, 0.25) is 0 Å². The fraction of sp³-hybridized carbons (Fsp3) is 0.125. The fourth-order valence-electron chi connectivity index (χ4n) is 2.25. The van der Waals surface area contributed by atoms with Gasteiger partial charge in [-0.2, -0.15) is 0 Å². The number of methoxy groups -OCH3 is 2. The Hall–Kier alpha value is -3.02. The Labute approximate surface area is 126 Å². The van der Waals surface area contributed by atoms with E-state index in [1.807, 2.05) is 12.1 Å². The summed E-state index contributed by atoms with van der Waals surface area (Å²) in [6, 6.07) is 8.72. The molecular weight excluding hydrogens is 284 g/mol. The van der Waals surface area contributed by atoms with Gasteiger partial charge >= 0.3 is 5.97 Å². The summed E-state index contributed by atoms with van der Waals surface area (Å²) in [4.78, 5) is 15.5. The van der Waals surface area contributed by atoms with Gasteiger partial charge in [-0.3, -0.25) is 0 Å².